The molecule has 0 atom stereocenters. The Balaban J connectivity index is 1.96. The van der Waals surface area contributed by atoms with Crippen molar-refractivity contribution in [3.05, 3.63) is 52.4 Å². The summed E-state index contributed by atoms with van der Waals surface area (Å²) in [5.41, 5.74) is 1.40. The van der Waals surface area contributed by atoms with Crippen molar-refractivity contribution in [3.8, 4) is 16.9 Å². The number of carboxylic acid groups (broad SMARTS) is 1. The number of benzene rings is 2. The fourth-order valence-electron chi connectivity index (χ4n) is 3.39. The average Bonchev–Trinajstić information content (AvgIpc) is 2.95. The van der Waals surface area contributed by atoms with Crippen molar-refractivity contribution in [2.45, 2.75) is 25.7 Å². The normalized spacial score (nSPS) is 14.4. The highest BCUT2D eigenvalue weighted by atomic mass is 32.1. The molecule has 0 radical (unpaired) electrons. The number of aryl methyl sites for hydroxylation is 1. The van der Waals surface area contributed by atoms with E-state index in [9.17, 15) is 18.7 Å². The molecule has 2 heterocycles. The van der Waals surface area contributed by atoms with Crippen LogP contribution in [0.5, 0.6) is 5.75 Å². The van der Waals surface area contributed by atoms with Crippen LogP contribution in [0.3, 0.4) is 0 Å². The molecule has 1 N–H and O–H groups in total. The number of rotatable bonds is 2. The van der Waals surface area contributed by atoms with Crippen LogP contribution < -0.4 is 4.74 Å². The highest BCUT2D eigenvalue weighted by Gasteiger charge is 2.23. The van der Waals surface area contributed by atoms with Crippen LogP contribution in [0.1, 0.15) is 34.5 Å². The summed E-state index contributed by atoms with van der Waals surface area (Å²) in [6, 6.07) is 7.08. The Morgan fingerprint density at radius 3 is 2.77 bits per heavy atom. The van der Waals surface area contributed by atoms with Crippen LogP contribution in [-0.2, 0) is 6.42 Å². The smallest absolute Gasteiger partial charge is 0.346 e. The van der Waals surface area contributed by atoms with Crippen molar-refractivity contribution in [2.24, 2.45) is 0 Å². The number of aromatic carboxylic acids is 1. The molecule has 0 saturated carbocycles. The molecule has 0 bridgehead atoms. The molecule has 0 amide bonds. The summed E-state index contributed by atoms with van der Waals surface area (Å²) < 4.78 is 34.6. The van der Waals surface area contributed by atoms with E-state index in [1.807, 2.05) is 0 Å². The number of thiophene rings is 1. The Kier molecular flexibility index (Phi) is 4.36. The molecule has 1 aliphatic rings. The highest BCUT2D eigenvalue weighted by molar-refractivity contribution is 7.21. The number of hydrogen-bond acceptors (Lipinski definition) is 3. The van der Waals surface area contributed by atoms with E-state index in [0.29, 0.717) is 28.0 Å². The van der Waals surface area contributed by atoms with E-state index in [-0.39, 0.29) is 10.4 Å². The van der Waals surface area contributed by atoms with E-state index in [4.69, 9.17) is 4.74 Å². The van der Waals surface area contributed by atoms with Gasteiger partial charge in [-0.05, 0) is 55.5 Å². The molecular formula is C20H16F2O3S. The summed E-state index contributed by atoms with van der Waals surface area (Å²) in [6.07, 6.45) is 3.70. The number of fused-ring (bicyclic) bond motifs is 2. The van der Waals surface area contributed by atoms with Gasteiger partial charge in [0.25, 0.3) is 0 Å². The van der Waals surface area contributed by atoms with E-state index in [2.05, 4.69) is 0 Å². The highest BCUT2D eigenvalue weighted by Crippen LogP contribution is 2.42. The monoisotopic (exact) mass is 374 g/mol. The quantitative estimate of drug-likeness (QED) is 0.630. The zero-order valence-electron chi connectivity index (χ0n) is 13.9. The number of carboxylic acids is 1. The second kappa shape index (κ2) is 6.68. The van der Waals surface area contributed by atoms with Crippen LogP contribution in [0.25, 0.3) is 21.2 Å². The van der Waals surface area contributed by atoms with Gasteiger partial charge in [0.15, 0.2) is 0 Å². The topological polar surface area (TPSA) is 46.5 Å². The first-order valence-electron chi connectivity index (χ1n) is 8.45. The van der Waals surface area contributed by atoms with Gasteiger partial charge in [0.2, 0.25) is 0 Å². The van der Waals surface area contributed by atoms with E-state index >= 15 is 0 Å². The van der Waals surface area contributed by atoms with Gasteiger partial charge in [-0.3, -0.25) is 0 Å². The van der Waals surface area contributed by atoms with Gasteiger partial charge in [-0.25, -0.2) is 13.6 Å². The predicted octanol–water partition coefficient (Wildman–Crippen LogP) is 5.65. The summed E-state index contributed by atoms with van der Waals surface area (Å²) in [5.74, 6) is -1.61. The van der Waals surface area contributed by atoms with Gasteiger partial charge >= 0.3 is 5.97 Å². The zero-order chi connectivity index (χ0) is 18.3. The predicted molar refractivity (Wildman–Crippen MR) is 97.2 cm³/mol. The van der Waals surface area contributed by atoms with Crippen molar-refractivity contribution in [1.82, 2.24) is 0 Å². The van der Waals surface area contributed by atoms with E-state index in [1.54, 1.807) is 6.07 Å². The zero-order valence-corrected chi connectivity index (χ0v) is 14.7. The molecule has 6 heteroatoms. The van der Waals surface area contributed by atoms with Gasteiger partial charge in [0.05, 0.1) is 6.61 Å². The van der Waals surface area contributed by atoms with E-state index in [0.717, 1.165) is 42.6 Å². The van der Waals surface area contributed by atoms with Gasteiger partial charge in [-0.15, -0.1) is 11.3 Å². The summed E-state index contributed by atoms with van der Waals surface area (Å²) in [5, 5.41) is 10.1. The molecule has 2 aromatic carbocycles. The second-order valence-electron chi connectivity index (χ2n) is 6.35. The maximum absolute atomic E-state index is 14.9. The minimum Gasteiger partial charge on any atom is -0.493 e. The molecule has 3 aromatic rings. The Labute approximate surface area is 152 Å². The molecule has 0 aliphatic carbocycles. The minimum absolute atomic E-state index is 0.0104. The molecule has 4 rings (SSSR count). The number of ether oxygens (including phenoxy) is 1. The fraction of sp³-hybridized carbons (Fsp3) is 0.250. The molecule has 3 nitrogen and oxygen atoms in total. The lowest BCUT2D eigenvalue weighted by molar-refractivity contribution is 0.0703. The van der Waals surface area contributed by atoms with Crippen molar-refractivity contribution in [1.29, 1.82) is 0 Å². The Hall–Kier alpha value is -2.47. The second-order valence-corrected chi connectivity index (χ2v) is 7.40. The third-order valence-electron chi connectivity index (χ3n) is 4.61. The molecule has 0 unspecified atom stereocenters. The van der Waals surface area contributed by atoms with Crippen LogP contribution in [0.15, 0.2) is 30.3 Å². The molecular weight excluding hydrogens is 358 g/mol. The van der Waals surface area contributed by atoms with Gasteiger partial charge < -0.3 is 9.84 Å². The number of hydrogen-bond donors (Lipinski definition) is 1. The van der Waals surface area contributed by atoms with Crippen LogP contribution in [0.2, 0.25) is 0 Å². The third kappa shape index (κ3) is 2.94. The van der Waals surface area contributed by atoms with Crippen LogP contribution in [0, 0.1) is 11.6 Å². The lowest BCUT2D eigenvalue weighted by Crippen LogP contribution is -2.06. The molecule has 1 aromatic heterocycles. The molecule has 1 aliphatic heterocycles. The van der Waals surface area contributed by atoms with Gasteiger partial charge in [-0.1, -0.05) is 0 Å². The van der Waals surface area contributed by atoms with Crippen molar-refractivity contribution < 1.29 is 23.4 Å². The maximum atomic E-state index is 14.9. The van der Waals surface area contributed by atoms with Crippen molar-refractivity contribution in [2.75, 3.05) is 6.61 Å². The molecule has 134 valence electrons. The van der Waals surface area contributed by atoms with Crippen molar-refractivity contribution >= 4 is 27.4 Å². The lowest BCUT2D eigenvalue weighted by atomic mass is 9.96. The number of halogens is 2. The van der Waals surface area contributed by atoms with Gasteiger partial charge in [0.1, 0.15) is 22.3 Å². The molecule has 0 spiro atoms. The number of carbonyl (C=O) groups is 1. The van der Waals surface area contributed by atoms with Crippen LogP contribution >= 0.6 is 11.3 Å². The summed E-state index contributed by atoms with van der Waals surface area (Å²) in [6.45, 7) is 0.548. The average molecular weight is 374 g/mol. The first-order chi connectivity index (χ1) is 12.5. The molecule has 0 fully saturated rings. The summed E-state index contributed by atoms with van der Waals surface area (Å²) >= 11 is 0.957. The maximum Gasteiger partial charge on any atom is 0.346 e. The minimum atomic E-state index is -1.15. The standard InChI is InChI=1S/C20H16F2O3S/c21-12-5-6-13-17(9-12)26-19(20(23)24)18(13)14-8-11-4-2-1-3-7-25-16(11)10-15(14)22/h5-6,8-10H,1-4,7H2,(H,23,24). The van der Waals surface area contributed by atoms with E-state index < -0.39 is 17.6 Å². The van der Waals surface area contributed by atoms with Gasteiger partial charge in [-0.2, -0.15) is 0 Å². The summed E-state index contributed by atoms with van der Waals surface area (Å²) in [4.78, 5) is 11.7. The Morgan fingerprint density at radius 1 is 1.12 bits per heavy atom. The van der Waals surface area contributed by atoms with E-state index in [1.165, 1.54) is 24.3 Å². The Morgan fingerprint density at radius 2 is 1.96 bits per heavy atom. The molecule has 0 saturated heterocycles. The first-order valence-corrected chi connectivity index (χ1v) is 9.27. The van der Waals surface area contributed by atoms with Crippen LogP contribution in [0.4, 0.5) is 8.78 Å². The Bertz CT molecular complexity index is 1010. The SMILES string of the molecule is O=C(O)c1sc2cc(F)ccc2c1-c1cc2c(cc1F)OCCCCC2. The lowest BCUT2D eigenvalue weighted by Gasteiger charge is -2.17. The van der Waals surface area contributed by atoms with Crippen LogP contribution in [-0.4, -0.2) is 17.7 Å². The van der Waals surface area contributed by atoms with Gasteiger partial charge in [0, 0.05) is 27.3 Å². The largest absolute Gasteiger partial charge is 0.493 e. The summed E-state index contributed by atoms with van der Waals surface area (Å²) in [7, 11) is 0. The van der Waals surface area contributed by atoms with Crippen molar-refractivity contribution in [3.63, 3.8) is 0 Å². The fourth-order valence-corrected chi connectivity index (χ4v) is 4.47. The first kappa shape index (κ1) is 17.0. The molecule has 26 heavy (non-hydrogen) atoms. The third-order valence-corrected chi connectivity index (χ3v) is 5.75.